The van der Waals surface area contributed by atoms with Gasteiger partial charge in [0.2, 0.25) is 15.9 Å². The summed E-state index contributed by atoms with van der Waals surface area (Å²) >= 11 is 30.4. The Morgan fingerprint density at radius 3 is 1.43 bits per heavy atom. The first-order chi connectivity index (χ1) is 48.7. The molecule has 2 aliphatic carbocycles. The standard InChI is InChI=1S/C21H25N5O4S.C16H23BN2O3.C11H14ClN3O3S.C6H4Cl2N2O2S.C6H4Cl2N2S.C5H11NO/c1-13-10-30-9-8-26(13)20-17-11-31(28,29)12-18(17)24-19(25-20)14-2-4-15(5-3-14)22-21(27)23-16-6-7-16;1-15(2)16(3,4)22-17(21-15)11-5-7-12(8-6-11)18-14(20)19-13-9-10-13;1-7-4-18-3-2-15(7)10-8-5-19(16,17)6-9(8)13-11(12)14-10;7-5-3-1-13(11,12)2-4(3)9-6(8)10-5;7-5-3-1-11-2-4(3)9-6(8)10-5;1-5-4-7-3-2-6-5/h2-5,13,16H,6-12H2,1H3,(H2,22,23,27);5-8,13H,9-10H2,1-4H3,(H2,18,19,20);7H,2-6H2,1H3;1-2H2;1-2H2;5-6H,2-4H2,1H3/t13-;;7-;;;5-/m0.0..0/s1. The summed E-state index contributed by atoms with van der Waals surface area (Å²) in [6.07, 6.45) is 4.21. The summed E-state index contributed by atoms with van der Waals surface area (Å²) in [5.74, 6) is 3.31. The molecule has 12 heterocycles. The monoisotopic (exact) mass is 1590 g/mol. The Kier molecular flexibility index (Phi) is 25.3. The molecule has 6 aromatic rings. The number of halogens is 5. The van der Waals surface area contributed by atoms with E-state index in [1.54, 1.807) is 23.9 Å². The number of nitrogens with one attached hydrogen (secondary N) is 5. The van der Waals surface area contributed by atoms with Crippen LogP contribution in [0.4, 0.5) is 32.6 Å². The molecular weight excluding hydrogens is 1520 g/mol. The molecule has 6 fully saturated rings. The lowest BCUT2D eigenvalue weighted by atomic mass is 9.79. The molecule has 5 N–H and O–H groups in total. The summed E-state index contributed by atoms with van der Waals surface area (Å²) in [4.78, 5) is 60.9. The van der Waals surface area contributed by atoms with Gasteiger partial charge >= 0.3 is 19.2 Å². The number of anilines is 4. The van der Waals surface area contributed by atoms with Crippen LogP contribution in [-0.4, -0.2) is 185 Å². The highest BCUT2D eigenvalue weighted by Crippen LogP contribution is 2.39. The number of aromatic nitrogens is 8. The summed E-state index contributed by atoms with van der Waals surface area (Å²) in [6.45, 7) is 20.8. The minimum atomic E-state index is -3.22. The number of hydrogen-bond acceptors (Lipinski definition) is 25. The molecule has 556 valence electrons. The number of nitrogens with zero attached hydrogens (tertiary/aromatic N) is 10. The predicted octanol–water partition coefficient (Wildman–Crippen LogP) is 8.87. The van der Waals surface area contributed by atoms with Crippen molar-refractivity contribution in [3.8, 4) is 11.4 Å². The molecule has 4 amide bonds. The summed E-state index contributed by atoms with van der Waals surface area (Å²) in [5, 5.41) is 15.7. The largest absolute Gasteiger partial charge is 0.494 e. The average molecular weight is 1600 g/mol. The van der Waals surface area contributed by atoms with E-state index in [9.17, 15) is 34.8 Å². The van der Waals surface area contributed by atoms with Crippen molar-refractivity contribution in [2.45, 2.75) is 162 Å². The van der Waals surface area contributed by atoms with Gasteiger partial charge in [0, 0.05) is 88.5 Å². The third-order valence-corrected chi connectivity index (χ3v) is 24.5. The lowest BCUT2D eigenvalue weighted by Gasteiger charge is -2.35. The zero-order valence-corrected chi connectivity index (χ0v) is 64.8. The van der Waals surface area contributed by atoms with E-state index in [1.165, 1.54) is 0 Å². The number of amides is 4. The van der Waals surface area contributed by atoms with Gasteiger partial charge in [-0.1, -0.05) is 35.3 Å². The maximum atomic E-state index is 12.3. The second kappa shape index (κ2) is 33.3. The van der Waals surface area contributed by atoms with Crippen molar-refractivity contribution < 1.29 is 58.4 Å². The van der Waals surface area contributed by atoms with Crippen LogP contribution in [0.2, 0.25) is 26.2 Å². The fourth-order valence-electron chi connectivity index (χ4n) is 11.6. The number of benzene rings is 2. The first kappa shape index (κ1) is 78.4. The quantitative estimate of drug-likeness (QED) is 0.0539. The fourth-order valence-corrected chi connectivity index (χ4v) is 18.5. The van der Waals surface area contributed by atoms with Gasteiger partial charge in [0.25, 0.3) is 0 Å². The van der Waals surface area contributed by atoms with E-state index in [0.717, 1.165) is 84.9 Å². The van der Waals surface area contributed by atoms with Crippen molar-refractivity contribution in [2.75, 3.05) is 79.7 Å². The number of rotatable bonds is 8. The maximum Gasteiger partial charge on any atom is 0.494 e. The van der Waals surface area contributed by atoms with Crippen molar-refractivity contribution in [1.29, 1.82) is 0 Å². The molecule has 38 heteroatoms. The first-order valence-electron chi connectivity index (χ1n) is 33.5. The number of morpholine rings is 3. The number of carbonyl (C=O) groups is 2. The number of carbonyl (C=O) groups excluding carboxylic acids is 2. The maximum absolute atomic E-state index is 12.3. The van der Waals surface area contributed by atoms with Crippen molar-refractivity contribution in [2.24, 2.45) is 0 Å². The van der Waals surface area contributed by atoms with Crippen LogP contribution in [0.15, 0.2) is 48.5 Å². The van der Waals surface area contributed by atoms with Gasteiger partial charge in [-0.2, -0.15) is 11.8 Å². The SMILES string of the molecule is CC1(C)OB(c2ccc(NC(=O)NC3CC3)cc2)OC1(C)C.C[C@H]1COCCN1.C[C@H]1COCCN1c1nc(-c2ccc(NC(=O)NC3CC3)cc2)nc2c1CS(=O)(=O)C2.C[C@H]1COCCN1c1nc(Cl)nc2c1CS(=O)(=O)C2.Clc1nc(Cl)c2c(n1)CSC2.O=S1(=O)Cc2nc(Cl)nc(Cl)c2C1. The molecule has 0 spiro atoms. The Bertz CT molecular complexity index is 4440. The zero-order valence-electron chi connectivity index (χ0n) is 57.7. The van der Waals surface area contributed by atoms with Gasteiger partial charge < -0.3 is 59.9 Å². The van der Waals surface area contributed by atoms with E-state index in [-0.39, 0.29) is 104 Å². The molecule has 2 aromatic carbocycles. The van der Waals surface area contributed by atoms with Crippen LogP contribution in [0.5, 0.6) is 0 Å². The molecule has 2 saturated carbocycles. The normalized spacial score (nSPS) is 22.3. The zero-order chi connectivity index (χ0) is 73.8. The summed E-state index contributed by atoms with van der Waals surface area (Å²) in [5.41, 5.74) is 7.89. The van der Waals surface area contributed by atoms with E-state index >= 15 is 0 Å². The highest BCUT2D eigenvalue weighted by atomic mass is 35.5. The highest BCUT2D eigenvalue weighted by molar-refractivity contribution is 7.98. The Labute approximate surface area is 629 Å². The van der Waals surface area contributed by atoms with Crippen LogP contribution in [0.3, 0.4) is 0 Å². The molecule has 0 unspecified atom stereocenters. The second-order valence-corrected chi connectivity index (χ2v) is 36.2. The van der Waals surface area contributed by atoms with E-state index in [0.29, 0.717) is 114 Å². The molecule has 28 nitrogen and oxygen atoms in total. The van der Waals surface area contributed by atoms with Crippen LogP contribution in [0.25, 0.3) is 11.4 Å². The van der Waals surface area contributed by atoms with Gasteiger partial charge in [-0.15, -0.1) is 0 Å². The summed E-state index contributed by atoms with van der Waals surface area (Å²) in [7, 11) is -9.81. The third kappa shape index (κ3) is 21.2. The number of hydrogen-bond donors (Lipinski definition) is 5. The highest BCUT2D eigenvalue weighted by Gasteiger charge is 2.52. The number of ether oxygens (including phenoxy) is 3. The Balaban J connectivity index is 0.000000131. The van der Waals surface area contributed by atoms with Gasteiger partial charge in [0.05, 0.1) is 120 Å². The Morgan fingerprint density at radius 1 is 0.524 bits per heavy atom. The van der Waals surface area contributed by atoms with E-state index in [4.69, 9.17) is 86.5 Å². The van der Waals surface area contributed by atoms with Crippen LogP contribution in [-0.2, 0) is 99.1 Å². The predicted molar refractivity (Wildman–Crippen MR) is 399 cm³/mol. The van der Waals surface area contributed by atoms with Crippen LogP contribution in [0.1, 0.15) is 119 Å². The molecule has 4 saturated heterocycles. The van der Waals surface area contributed by atoms with Gasteiger partial charge in [-0.3, -0.25) is 0 Å². The Hall–Kier alpha value is -5.63. The molecule has 0 bridgehead atoms. The van der Waals surface area contributed by atoms with Crippen LogP contribution in [0, 0.1) is 0 Å². The van der Waals surface area contributed by atoms with Gasteiger partial charge in [0.1, 0.15) is 21.9 Å². The third-order valence-electron chi connectivity index (χ3n) is 18.1. The molecule has 16 rings (SSSR count). The van der Waals surface area contributed by atoms with Gasteiger partial charge in [0.15, 0.2) is 35.3 Å². The number of thioether (sulfide) groups is 1. The molecule has 8 aliphatic heterocycles. The van der Waals surface area contributed by atoms with E-state index < -0.39 is 29.5 Å². The average Bonchev–Trinajstić information content (AvgIpc) is 1.71. The summed E-state index contributed by atoms with van der Waals surface area (Å²) < 4.78 is 98.6. The topological polar surface area (TPSA) is 352 Å². The molecule has 4 aromatic heterocycles. The minimum Gasteiger partial charge on any atom is -0.399 e. The van der Waals surface area contributed by atoms with Crippen LogP contribution >= 0.6 is 69.8 Å². The molecule has 10 aliphatic rings. The number of sulfone groups is 3. The Morgan fingerprint density at radius 2 is 0.961 bits per heavy atom. The molecule has 3 atom stereocenters. The molecular formula is C65H81BCl5N15O13S4. The molecule has 0 radical (unpaired) electrons. The van der Waals surface area contributed by atoms with Crippen molar-refractivity contribution in [3.05, 3.63) is 120 Å². The van der Waals surface area contributed by atoms with Gasteiger partial charge in [-0.05, 0) is 151 Å². The number of fused-ring (bicyclic) bond motifs is 4. The second-order valence-electron chi connectivity index (χ2n) is 27.2. The van der Waals surface area contributed by atoms with Crippen molar-refractivity contribution in [3.63, 3.8) is 0 Å². The minimum absolute atomic E-state index is 0.00108. The molecule has 103 heavy (non-hydrogen) atoms. The van der Waals surface area contributed by atoms with E-state index in [1.807, 2.05) is 77.9 Å². The lowest BCUT2D eigenvalue weighted by Crippen LogP contribution is -2.44. The first-order valence-corrected chi connectivity index (χ1v) is 42.0. The van der Waals surface area contributed by atoms with E-state index in [2.05, 4.69) is 78.2 Å². The van der Waals surface area contributed by atoms with Gasteiger partial charge in [-0.25, -0.2) is 74.7 Å². The van der Waals surface area contributed by atoms with Crippen molar-refractivity contribution >= 4 is 147 Å². The lowest BCUT2D eigenvalue weighted by molar-refractivity contribution is 0.00578. The summed E-state index contributed by atoms with van der Waals surface area (Å²) in [6, 6.07) is 15.9. The smallest absolute Gasteiger partial charge is 0.399 e. The number of urea groups is 2. The fraction of sp³-hybridized carbons (Fsp3) is 0.538. The van der Waals surface area contributed by atoms with Crippen LogP contribution < -0.4 is 41.8 Å². The van der Waals surface area contributed by atoms with Crippen molar-refractivity contribution in [1.82, 2.24) is 55.8 Å².